The molecular weight excluding hydrogens is 613 g/mol. The maximum Gasteiger partial charge on any atom is 0.326 e. The lowest BCUT2D eigenvalue weighted by Gasteiger charge is -2.32. The van der Waals surface area contributed by atoms with Gasteiger partial charge in [-0.25, -0.2) is 18.2 Å². The van der Waals surface area contributed by atoms with Gasteiger partial charge in [0, 0.05) is 60.7 Å². The predicted octanol–water partition coefficient (Wildman–Crippen LogP) is 4.49. The number of hydrogen-bond acceptors (Lipinski definition) is 9. The number of carboxylic acids is 1. The van der Waals surface area contributed by atoms with Crippen LogP contribution in [-0.2, 0) is 27.7 Å². The van der Waals surface area contributed by atoms with E-state index in [9.17, 15) is 23.1 Å². The van der Waals surface area contributed by atoms with E-state index in [4.69, 9.17) is 9.72 Å². The molecular formula is C33H36N4O6S2. The number of carbonyl (C=O) groups is 2. The summed E-state index contributed by atoms with van der Waals surface area (Å²) in [6, 6.07) is 22.2. The first kappa shape index (κ1) is 32.1. The molecule has 1 saturated heterocycles. The zero-order chi connectivity index (χ0) is 32.0. The second-order valence-electron chi connectivity index (χ2n) is 10.9. The maximum absolute atomic E-state index is 13.1. The Morgan fingerprint density at radius 3 is 2.31 bits per heavy atom. The van der Waals surface area contributed by atoms with Crippen molar-refractivity contribution < 1.29 is 27.9 Å². The molecule has 0 amide bonds. The number of aliphatic carboxylic acids is 1. The summed E-state index contributed by atoms with van der Waals surface area (Å²) in [5, 5.41) is 13.9. The molecule has 2 N–H and O–H groups in total. The summed E-state index contributed by atoms with van der Waals surface area (Å²) < 4.78 is 31.1. The fraction of sp³-hybridized carbons (Fsp3) is 0.303. The molecule has 45 heavy (non-hydrogen) atoms. The third-order valence-electron chi connectivity index (χ3n) is 7.67. The molecule has 1 fully saturated rings. The molecule has 2 heterocycles. The van der Waals surface area contributed by atoms with Gasteiger partial charge in [0.05, 0.1) is 18.6 Å². The van der Waals surface area contributed by atoms with Crippen LogP contribution in [0.3, 0.4) is 0 Å². The maximum atomic E-state index is 13.1. The molecule has 0 spiro atoms. The summed E-state index contributed by atoms with van der Waals surface area (Å²) >= 11 is 1.61. The smallest absolute Gasteiger partial charge is 0.326 e. The molecule has 0 unspecified atom stereocenters. The first-order chi connectivity index (χ1) is 21.6. The number of aryl methyl sites for hydroxylation is 1. The van der Waals surface area contributed by atoms with Gasteiger partial charge in [0.15, 0.2) is 10.9 Å². The molecule has 236 valence electrons. The first-order valence-electron chi connectivity index (χ1n) is 14.6. The lowest BCUT2D eigenvalue weighted by atomic mass is 10.00. The number of thiazole rings is 1. The Labute approximate surface area is 267 Å². The summed E-state index contributed by atoms with van der Waals surface area (Å²) in [4.78, 5) is 33.3. The number of nitrogens with one attached hydrogen (secondary N) is 1. The molecule has 0 saturated carbocycles. The number of anilines is 2. The van der Waals surface area contributed by atoms with Crippen LogP contribution in [0.2, 0.25) is 0 Å². The molecule has 4 aromatic rings. The van der Waals surface area contributed by atoms with Gasteiger partial charge in [-0.3, -0.25) is 4.79 Å². The van der Waals surface area contributed by atoms with E-state index in [0.29, 0.717) is 61.8 Å². The Kier molecular flexibility index (Phi) is 10.2. The van der Waals surface area contributed by atoms with Crippen LogP contribution in [0.15, 0.2) is 78.9 Å². The highest BCUT2D eigenvalue weighted by Crippen LogP contribution is 2.28. The molecule has 5 rings (SSSR count). The molecule has 0 bridgehead atoms. The van der Waals surface area contributed by atoms with Gasteiger partial charge >= 0.3 is 5.97 Å². The lowest BCUT2D eigenvalue weighted by molar-refractivity contribution is -0.137. The third kappa shape index (κ3) is 8.27. The Hall–Kier alpha value is -4.26. The fourth-order valence-corrected chi connectivity index (χ4v) is 6.99. The van der Waals surface area contributed by atoms with E-state index >= 15 is 0 Å². The van der Waals surface area contributed by atoms with Crippen molar-refractivity contribution in [2.45, 2.75) is 25.8 Å². The summed E-state index contributed by atoms with van der Waals surface area (Å²) in [7, 11) is -3.18. The number of hydrogen-bond donors (Lipinski definition) is 2. The van der Waals surface area contributed by atoms with Gasteiger partial charge in [-0.2, -0.15) is 4.31 Å². The van der Waals surface area contributed by atoms with Crippen molar-refractivity contribution in [3.8, 4) is 5.75 Å². The van der Waals surface area contributed by atoms with Gasteiger partial charge in [-0.15, -0.1) is 11.3 Å². The summed E-state index contributed by atoms with van der Waals surface area (Å²) in [6.45, 7) is 4.59. The first-order valence-corrected chi connectivity index (χ1v) is 17.3. The highest BCUT2D eigenvalue weighted by atomic mass is 32.2. The van der Waals surface area contributed by atoms with Crippen LogP contribution in [0.1, 0.15) is 32.1 Å². The van der Waals surface area contributed by atoms with Crippen LogP contribution in [0.25, 0.3) is 0 Å². The third-order valence-corrected chi connectivity index (χ3v) is 10.0. The summed E-state index contributed by atoms with van der Waals surface area (Å²) in [6.07, 6.45) is 2.08. The van der Waals surface area contributed by atoms with Crippen LogP contribution >= 0.6 is 11.3 Å². The Balaban J connectivity index is 1.15. The molecule has 3 aromatic carbocycles. The van der Waals surface area contributed by atoms with Crippen molar-refractivity contribution >= 4 is 43.9 Å². The van der Waals surface area contributed by atoms with Gasteiger partial charge in [0.1, 0.15) is 11.8 Å². The molecule has 1 atom stereocenters. The Morgan fingerprint density at radius 2 is 1.64 bits per heavy atom. The second kappa shape index (κ2) is 14.2. The quantitative estimate of drug-likeness (QED) is 0.202. The van der Waals surface area contributed by atoms with Gasteiger partial charge in [-0.05, 0) is 36.8 Å². The molecule has 12 heteroatoms. The summed E-state index contributed by atoms with van der Waals surface area (Å²) in [5.74, 6) is -0.532. The highest BCUT2D eigenvalue weighted by Gasteiger charge is 2.25. The normalized spacial score (nSPS) is 14.6. The van der Waals surface area contributed by atoms with Gasteiger partial charge in [0.2, 0.25) is 10.0 Å². The number of carbonyl (C=O) groups excluding carboxylic acids is 1. The monoisotopic (exact) mass is 648 g/mol. The average Bonchev–Trinajstić information content (AvgIpc) is 3.41. The van der Waals surface area contributed by atoms with Crippen molar-refractivity contribution in [1.29, 1.82) is 0 Å². The van der Waals surface area contributed by atoms with Crippen LogP contribution in [0, 0.1) is 6.92 Å². The topological polar surface area (TPSA) is 129 Å². The SMILES string of the molecule is Cc1sc(N2CCN(S(C)(=O)=O)CC2)nc1CCOc1ccc(C[C@H](Nc2ccccc2C(=O)c2ccccc2)C(=O)O)cc1. The number of sulfonamides is 1. The molecule has 0 aliphatic carbocycles. The molecule has 1 aliphatic rings. The minimum absolute atomic E-state index is 0.180. The van der Waals surface area contributed by atoms with Crippen molar-refractivity contribution in [2.75, 3.05) is 49.3 Å². The molecule has 10 nitrogen and oxygen atoms in total. The largest absolute Gasteiger partial charge is 0.493 e. The number of ether oxygens (including phenoxy) is 1. The number of carboxylic acid groups (broad SMARTS) is 1. The average molecular weight is 649 g/mol. The number of nitrogens with zero attached hydrogens (tertiary/aromatic N) is 3. The van der Waals surface area contributed by atoms with Crippen LogP contribution in [-0.4, -0.2) is 79.6 Å². The van der Waals surface area contributed by atoms with Crippen molar-refractivity contribution in [3.05, 3.63) is 106 Å². The molecule has 0 radical (unpaired) electrons. The van der Waals surface area contributed by atoms with E-state index < -0.39 is 22.0 Å². The van der Waals surface area contributed by atoms with E-state index in [1.165, 1.54) is 10.6 Å². The van der Waals surface area contributed by atoms with Crippen LogP contribution in [0.5, 0.6) is 5.75 Å². The number of para-hydroxylation sites is 1. The Morgan fingerprint density at radius 1 is 0.978 bits per heavy atom. The van der Waals surface area contributed by atoms with Gasteiger partial charge in [0.25, 0.3) is 0 Å². The number of aromatic nitrogens is 1. The molecule has 1 aromatic heterocycles. The van der Waals surface area contributed by atoms with Crippen LogP contribution < -0.4 is 15.0 Å². The van der Waals surface area contributed by atoms with Crippen molar-refractivity contribution in [3.63, 3.8) is 0 Å². The number of rotatable bonds is 13. The van der Waals surface area contributed by atoms with Crippen molar-refractivity contribution in [1.82, 2.24) is 9.29 Å². The van der Waals surface area contributed by atoms with E-state index in [2.05, 4.69) is 10.2 Å². The van der Waals surface area contributed by atoms with Crippen LogP contribution in [0.4, 0.5) is 10.8 Å². The number of ketones is 1. The predicted molar refractivity (Wildman–Crippen MR) is 176 cm³/mol. The van der Waals surface area contributed by atoms with Crippen molar-refractivity contribution in [2.24, 2.45) is 0 Å². The van der Waals surface area contributed by atoms with Gasteiger partial charge < -0.3 is 20.1 Å². The fourth-order valence-electron chi connectivity index (χ4n) is 5.15. The van der Waals surface area contributed by atoms with E-state index in [0.717, 1.165) is 21.3 Å². The number of benzene rings is 3. The Bertz CT molecular complexity index is 1730. The van der Waals surface area contributed by atoms with E-state index in [1.54, 1.807) is 59.9 Å². The zero-order valence-corrected chi connectivity index (χ0v) is 26.8. The minimum Gasteiger partial charge on any atom is -0.493 e. The zero-order valence-electron chi connectivity index (χ0n) is 25.2. The van der Waals surface area contributed by atoms with E-state index in [-0.39, 0.29) is 12.2 Å². The minimum atomic E-state index is -3.18. The lowest BCUT2D eigenvalue weighted by Crippen LogP contribution is -2.48. The summed E-state index contributed by atoms with van der Waals surface area (Å²) in [5.41, 5.74) is 3.18. The highest BCUT2D eigenvalue weighted by molar-refractivity contribution is 7.88. The molecule has 1 aliphatic heterocycles. The standard InChI is InChI=1S/C33H36N4O6S2/c1-23-28(35-33(44-23)36-17-19-37(20-18-36)45(2,41)42)16-21-43-26-14-12-24(13-15-26)22-30(32(39)40)34-29-11-7-6-10-27(29)31(38)25-8-4-3-5-9-25/h3-15,30,34H,16-22H2,1-2H3,(H,39,40)/t30-/m0/s1. The number of piperazine rings is 1. The van der Waals surface area contributed by atoms with Gasteiger partial charge in [-0.1, -0.05) is 54.6 Å². The van der Waals surface area contributed by atoms with E-state index in [1.807, 2.05) is 37.3 Å². The second-order valence-corrected chi connectivity index (χ2v) is 14.0.